The van der Waals surface area contributed by atoms with Gasteiger partial charge in [-0.2, -0.15) is 13.2 Å². The van der Waals surface area contributed by atoms with Gasteiger partial charge in [-0.25, -0.2) is 0 Å². The van der Waals surface area contributed by atoms with Gasteiger partial charge in [-0.3, -0.25) is 0 Å². The Morgan fingerprint density at radius 1 is 1.29 bits per heavy atom. The topological polar surface area (TPSA) is 30.5 Å². The Morgan fingerprint density at radius 2 is 1.79 bits per heavy atom. The molecule has 84 valence electrons. The first-order valence-corrected chi connectivity index (χ1v) is 4.36. The average Bonchev–Trinajstić information content (AvgIpc) is 2.01. The molecule has 0 atom stereocenters. The van der Waals surface area contributed by atoms with Crippen LogP contribution in [-0.2, 0) is 9.47 Å². The van der Waals surface area contributed by atoms with E-state index in [2.05, 4.69) is 5.32 Å². The molecule has 0 saturated carbocycles. The molecule has 1 aliphatic rings. The molecule has 1 rings (SSSR count). The summed E-state index contributed by atoms with van der Waals surface area (Å²) >= 11 is 0. The molecule has 0 amide bonds. The molecule has 1 fully saturated rings. The molecule has 0 aliphatic carbocycles. The van der Waals surface area contributed by atoms with Crippen LogP contribution in [0.2, 0.25) is 0 Å². The van der Waals surface area contributed by atoms with Gasteiger partial charge in [0.2, 0.25) is 0 Å². The summed E-state index contributed by atoms with van der Waals surface area (Å²) in [4.78, 5) is 0. The zero-order valence-corrected chi connectivity index (χ0v) is 8.15. The van der Waals surface area contributed by atoms with Crippen molar-refractivity contribution in [3.8, 4) is 0 Å². The number of ether oxygens (including phenoxy) is 2. The van der Waals surface area contributed by atoms with Crippen molar-refractivity contribution in [2.45, 2.75) is 31.9 Å². The van der Waals surface area contributed by atoms with Crippen LogP contribution in [0.4, 0.5) is 13.2 Å². The molecule has 0 bridgehead atoms. The lowest BCUT2D eigenvalue weighted by molar-refractivity contribution is -0.254. The van der Waals surface area contributed by atoms with E-state index in [0.717, 1.165) is 0 Å². The van der Waals surface area contributed by atoms with Gasteiger partial charge in [0.25, 0.3) is 0 Å². The number of alkyl halides is 3. The van der Waals surface area contributed by atoms with Crippen LogP contribution < -0.4 is 5.32 Å². The van der Waals surface area contributed by atoms with Gasteiger partial charge in [-0.05, 0) is 13.8 Å². The molecule has 0 aromatic heterocycles. The lowest BCUT2D eigenvalue weighted by Gasteiger charge is -2.35. The monoisotopic (exact) mass is 213 g/mol. The maximum atomic E-state index is 11.8. The van der Waals surface area contributed by atoms with Gasteiger partial charge < -0.3 is 14.8 Å². The summed E-state index contributed by atoms with van der Waals surface area (Å²) in [5, 5.41) is 2.32. The molecular weight excluding hydrogens is 199 g/mol. The lowest BCUT2D eigenvalue weighted by atomic mass is 10.2. The second kappa shape index (κ2) is 4.04. The molecule has 0 spiro atoms. The van der Waals surface area contributed by atoms with Crippen LogP contribution in [0.15, 0.2) is 0 Å². The summed E-state index contributed by atoms with van der Waals surface area (Å²) in [5.74, 6) is -0.684. The van der Waals surface area contributed by atoms with E-state index in [4.69, 9.17) is 9.47 Å². The van der Waals surface area contributed by atoms with Gasteiger partial charge in [-0.15, -0.1) is 0 Å². The fraction of sp³-hybridized carbons (Fsp3) is 1.00. The first-order valence-electron chi connectivity index (χ1n) is 4.36. The summed E-state index contributed by atoms with van der Waals surface area (Å²) < 4.78 is 45.8. The minimum atomic E-state index is -4.19. The zero-order valence-electron chi connectivity index (χ0n) is 8.15. The first-order chi connectivity index (χ1) is 6.29. The van der Waals surface area contributed by atoms with Crippen molar-refractivity contribution in [2.24, 2.45) is 0 Å². The third kappa shape index (κ3) is 4.26. The standard InChI is InChI=1S/C8H14F3NO2/c1-7(2)13-3-6(4-14-7)12-5-8(9,10)11/h6,12H,3-5H2,1-2H3. The summed E-state index contributed by atoms with van der Waals surface area (Å²) in [6, 6.07) is -0.385. The normalized spacial score (nSPS) is 23.8. The van der Waals surface area contributed by atoms with E-state index < -0.39 is 18.5 Å². The van der Waals surface area contributed by atoms with Crippen LogP contribution in [0.3, 0.4) is 0 Å². The van der Waals surface area contributed by atoms with E-state index in [1.807, 2.05) is 0 Å². The van der Waals surface area contributed by atoms with Crippen LogP contribution in [0.1, 0.15) is 13.8 Å². The Balaban J connectivity index is 2.23. The number of nitrogens with one attached hydrogen (secondary N) is 1. The summed E-state index contributed by atoms with van der Waals surface area (Å²) in [6.45, 7) is 2.93. The highest BCUT2D eigenvalue weighted by atomic mass is 19.4. The van der Waals surface area contributed by atoms with Crippen molar-refractivity contribution in [1.82, 2.24) is 5.32 Å². The van der Waals surface area contributed by atoms with E-state index in [1.165, 1.54) is 0 Å². The van der Waals surface area contributed by atoms with Crippen LogP contribution in [0.5, 0.6) is 0 Å². The van der Waals surface area contributed by atoms with Crippen LogP contribution in [0, 0.1) is 0 Å². The Kier molecular flexibility index (Phi) is 3.39. The molecule has 1 heterocycles. The van der Waals surface area contributed by atoms with E-state index in [0.29, 0.717) is 0 Å². The molecule has 0 aromatic rings. The molecule has 1 saturated heterocycles. The van der Waals surface area contributed by atoms with Gasteiger partial charge in [0.05, 0.1) is 25.8 Å². The number of hydrogen-bond donors (Lipinski definition) is 1. The second-order valence-corrected chi connectivity index (χ2v) is 3.71. The third-order valence-corrected chi connectivity index (χ3v) is 1.86. The maximum absolute atomic E-state index is 11.8. The zero-order chi connectivity index (χ0) is 10.8. The van der Waals surface area contributed by atoms with Crippen molar-refractivity contribution in [1.29, 1.82) is 0 Å². The van der Waals surface area contributed by atoms with Crippen LogP contribution in [0.25, 0.3) is 0 Å². The quantitative estimate of drug-likeness (QED) is 0.749. The highest BCUT2D eigenvalue weighted by Crippen LogP contribution is 2.18. The van der Waals surface area contributed by atoms with Gasteiger partial charge in [-0.1, -0.05) is 0 Å². The molecular formula is C8H14F3NO2. The van der Waals surface area contributed by atoms with Gasteiger partial charge in [0.15, 0.2) is 5.79 Å². The molecule has 0 unspecified atom stereocenters. The summed E-state index contributed by atoms with van der Waals surface area (Å²) in [5.41, 5.74) is 0. The minimum absolute atomic E-state index is 0.239. The average molecular weight is 213 g/mol. The molecule has 6 heteroatoms. The number of rotatable bonds is 2. The number of hydrogen-bond acceptors (Lipinski definition) is 3. The fourth-order valence-electron chi connectivity index (χ4n) is 1.07. The molecule has 0 radical (unpaired) electrons. The maximum Gasteiger partial charge on any atom is 0.401 e. The van der Waals surface area contributed by atoms with E-state index in [1.54, 1.807) is 13.8 Å². The van der Waals surface area contributed by atoms with E-state index in [9.17, 15) is 13.2 Å². The van der Waals surface area contributed by atoms with E-state index >= 15 is 0 Å². The van der Waals surface area contributed by atoms with Crippen LogP contribution >= 0.6 is 0 Å². The van der Waals surface area contributed by atoms with Crippen molar-refractivity contribution in [3.63, 3.8) is 0 Å². The smallest absolute Gasteiger partial charge is 0.349 e. The molecule has 1 N–H and O–H groups in total. The minimum Gasteiger partial charge on any atom is -0.349 e. The SMILES string of the molecule is CC1(C)OCC(NCC(F)(F)F)CO1. The van der Waals surface area contributed by atoms with E-state index in [-0.39, 0.29) is 19.3 Å². The van der Waals surface area contributed by atoms with Crippen molar-refractivity contribution < 1.29 is 22.6 Å². The van der Waals surface area contributed by atoms with Crippen LogP contribution in [-0.4, -0.2) is 37.8 Å². The molecule has 14 heavy (non-hydrogen) atoms. The molecule has 3 nitrogen and oxygen atoms in total. The molecule has 0 aromatic carbocycles. The Bertz CT molecular complexity index is 184. The van der Waals surface area contributed by atoms with Gasteiger partial charge in [0, 0.05) is 0 Å². The first kappa shape index (κ1) is 11.7. The Hall–Kier alpha value is -0.330. The largest absolute Gasteiger partial charge is 0.401 e. The van der Waals surface area contributed by atoms with Gasteiger partial charge in [0.1, 0.15) is 0 Å². The summed E-state index contributed by atoms with van der Waals surface area (Å²) in [6.07, 6.45) is -4.19. The number of halogens is 3. The second-order valence-electron chi connectivity index (χ2n) is 3.71. The van der Waals surface area contributed by atoms with Crippen molar-refractivity contribution >= 4 is 0 Å². The molecule has 1 aliphatic heterocycles. The van der Waals surface area contributed by atoms with Crippen molar-refractivity contribution in [3.05, 3.63) is 0 Å². The predicted octanol–water partition coefficient (Wildman–Crippen LogP) is 1.29. The highest BCUT2D eigenvalue weighted by molar-refractivity contribution is 4.74. The summed E-state index contributed by atoms with van der Waals surface area (Å²) in [7, 11) is 0. The van der Waals surface area contributed by atoms with Crippen molar-refractivity contribution in [2.75, 3.05) is 19.8 Å². The lowest BCUT2D eigenvalue weighted by Crippen LogP contribution is -2.50. The predicted molar refractivity (Wildman–Crippen MR) is 43.8 cm³/mol. The Morgan fingerprint density at radius 3 is 2.21 bits per heavy atom. The fourth-order valence-corrected chi connectivity index (χ4v) is 1.07. The Labute approximate surface area is 80.6 Å². The highest BCUT2D eigenvalue weighted by Gasteiger charge is 2.32. The third-order valence-electron chi connectivity index (χ3n) is 1.86. The van der Waals surface area contributed by atoms with Gasteiger partial charge >= 0.3 is 6.18 Å².